The van der Waals surface area contributed by atoms with E-state index in [9.17, 15) is 8.42 Å². The van der Waals surface area contributed by atoms with Gasteiger partial charge in [-0.2, -0.15) is 0 Å². The average Bonchev–Trinajstić information content (AvgIpc) is 1.88. The molecular formula is C7H6O2S. The molecule has 0 spiro atoms. The van der Waals surface area contributed by atoms with Crippen LogP contribution < -0.4 is 0 Å². The van der Waals surface area contributed by atoms with Gasteiger partial charge in [-0.15, -0.1) is 0 Å². The predicted molar refractivity (Wildman–Crippen MR) is 37.9 cm³/mol. The van der Waals surface area contributed by atoms with Gasteiger partial charge in [-0.1, -0.05) is 18.2 Å². The Hall–Kier alpha value is -0.830. The molecule has 0 amide bonds. The summed E-state index contributed by atoms with van der Waals surface area (Å²) in [6, 6.07) is 7.89. The second-order valence-corrected chi connectivity index (χ2v) is 3.42. The molecule has 2 nitrogen and oxygen atoms in total. The molecule has 52 valence electrons. The van der Waals surface area contributed by atoms with E-state index < -0.39 is 9.84 Å². The lowest BCUT2D eigenvalue weighted by atomic mass is 10.4. The summed E-state index contributed by atoms with van der Waals surface area (Å²) in [6.07, 6.45) is 4.83. The minimum atomic E-state index is -3.50. The van der Waals surface area contributed by atoms with Gasteiger partial charge < -0.3 is 0 Å². The van der Waals surface area contributed by atoms with E-state index in [1.165, 1.54) is 12.1 Å². The van der Waals surface area contributed by atoms with Gasteiger partial charge in [0.25, 0.3) is 0 Å². The van der Waals surface area contributed by atoms with Crippen LogP contribution in [-0.4, -0.2) is 8.42 Å². The maximum atomic E-state index is 10.6. The Morgan fingerprint density at radius 3 is 1.90 bits per heavy atom. The highest BCUT2D eigenvalue weighted by Crippen LogP contribution is 2.06. The summed E-state index contributed by atoms with van der Waals surface area (Å²) in [6.45, 7) is 0. The summed E-state index contributed by atoms with van der Waals surface area (Å²) < 4.78 is 21.2. The van der Waals surface area contributed by atoms with Crippen LogP contribution in [0.4, 0.5) is 0 Å². The Morgan fingerprint density at radius 1 is 1.10 bits per heavy atom. The van der Waals surface area contributed by atoms with Crippen LogP contribution in [0.25, 0.3) is 0 Å². The maximum absolute atomic E-state index is 10.6. The summed E-state index contributed by atoms with van der Waals surface area (Å²) >= 11 is 0. The van der Waals surface area contributed by atoms with Gasteiger partial charge in [0.05, 0.1) is 4.90 Å². The molecule has 10 heavy (non-hydrogen) atoms. The van der Waals surface area contributed by atoms with Gasteiger partial charge in [-0.3, -0.25) is 0 Å². The first kappa shape index (κ1) is 7.28. The summed E-state index contributed by atoms with van der Waals surface area (Å²) in [7, 11) is -3.50. The number of benzene rings is 1. The molecule has 0 aliphatic heterocycles. The Balaban J connectivity index is 3.22. The second-order valence-electron chi connectivity index (χ2n) is 1.86. The normalized spacial score (nSPS) is 11.3. The molecule has 0 heterocycles. The van der Waals surface area contributed by atoms with E-state index in [-0.39, 0.29) is 4.90 Å². The number of hydrogen-bond donors (Lipinski definition) is 0. The molecule has 3 heteroatoms. The molecule has 0 saturated carbocycles. The third kappa shape index (κ3) is 1.57. The third-order valence-electron chi connectivity index (χ3n) is 1.07. The van der Waals surface area contributed by atoms with E-state index in [2.05, 4.69) is 0 Å². The molecule has 0 atom stereocenters. The minimum absolute atomic E-state index is 0.148. The summed E-state index contributed by atoms with van der Waals surface area (Å²) in [5.41, 5.74) is 0. The zero-order valence-corrected chi connectivity index (χ0v) is 6.01. The Morgan fingerprint density at radius 2 is 1.60 bits per heavy atom. The van der Waals surface area contributed by atoms with E-state index in [0.717, 1.165) is 0 Å². The van der Waals surface area contributed by atoms with Crippen molar-refractivity contribution in [1.82, 2.24) is 0 Å². The fourth-order valence-corrected chi connectivity index (χ4v) is 1.15. The van der Waals surface area contributed by atoms with Gasteiger partial charge in [0.1, 0.15) is 6.26 Å². The maximum Gasteiger partial charge on any atom is 0.183 e. The van der Waals surface area contributed by atoms with Crippen LogP contribution in [0.5, 0.6) is 0 Å². The molecule has 0 aromatic heterocycles. The summed E-state index contributed by atoms with van der Waals surface area (Å²) in [5, 5.41) is 0. The zero-order valence-electron chi connectivity index (χ0n) is 5.19. The molecular weight excluding hydrogens is 148 g/mol. The highest BCUT2D eigenvalue weighted by molar-refractivity contribution is 7.92. The van der Waals surface area contributed by atoms with Crippen LogP contribution in [0, 0.1) is 6.26 Å². The summed E-state index contributed by atoms with van der Waals surface area (Å²) in [4.78, 5) is 0.148. The molecule has 1 aromatic rings. The third-order valence-corrected chi connectivity index (χ3v) is 2.00. The quantitative estimate of drug-likeness (QED) is 0.607. The molecule has 0 aliphatic rings. The van der Waals surface area contributed by atoms with Crippen LogP contribution in [-0.2, 0) is 9.84 Å². The lowest BCUT2D eigenvalue weighted by Gasteiger charge is -1.93. The smallest absolute Gasteiger partial charge is 0.183 e. The van der Waals surface area contributed by atoms with Crippen molar-refractivity contribution < 1.29 is 8.42 Å². The van der Waals surface area contributed by atoms with Gasteiger partial charge in [0, 0.05) is 0 Å². The SMILES string of the molecule is [CH]S(=O)(=O)c1ccccc1. The highest BCUT2D eigenvalue weighted by Gasteiger charge is 2.03. The topological polar surface area (TPSA) is 34.1 Å². The van der Waals surface area contributed by atoms with E-state index >= 15 is 0 Å². The van der Waals surface area contributed by atoms with Crippen LogP contribution in [0.2, 0.25) is 0 Å². The van der Waals surface area contributed by atoms with Crippen molar-refractivity contribution in [2.75, 3.05) is 0 Å². The molecule has 1 aromatic carbocycles. The average molecular weight is 154 g/mol. The van der Waals surface area contributed by atoms with Crippen molar-refractivity contribution in [2.24, 2.45) is 0 Å². The van der Waals surface area contributed by atoms with E-state index in [1.54, 1.807) is 18.2 Å². The molecule has 0 fully saturated rings. The lowest BCUT2D eigenvalue weighted by Crippen LogP contribution is -1.92. The molecule has 0 aliphatic carbocycles. The first-order valence-corrected chi connectivity index (χ1v) is 4.23. The van der Waals surface area contributed by atoms with Crippen molar-refractivity contribution >= 4 is 9.84 Å². The fraction of sp³-hybridized carbons (Fsp3) is 0. The van der Waals surface area contributed by atoms with Gasteiger partial charge in [0.15, 0.2) is 9.84 Å². The Bertz CT molecular complexity index is 300. The second kappa shape index (κ2) is 2.42. The van der Waals surface area contributed by atoms with Crippen molar-refractivity contribution in [3.05, 3.63) is 36.6 Å². The largest absolute Gasteiger partial charge is 0.223 e. The van der Waals surface area contributed by atoms with Gasteiger partial charge >= 0.3 is 0 Å². The highest BCUT2D eigenvalue weighted by atomic mass is 32.2. The van der Waals surface area contributed by atoms with Gasteiger partial charge in [0.2, 0.25) is 0 Å². The van der Waals surface area contributed by atoms with Crippen molar-refractivity contribution in [1.29, 1.82) is 0 Å². The number of hydrogen-bond acceptors (Lipinski definition) is 2. The monoisotopic (exact) mass is 154 g/mol. The van der Waals surface area contributed by atoms with Crippen LogP contribution in [0.1, 0.15) is 0 Å². The molecule has 1 rings (SSSR count). The zero-order chi connectivity index (χ0) is 7.61. The van der Waals surface area contributed by atoms with Crippen LogP contribution >= 0.6 is 0 Å². The number of sulfone groups is 1. The molecule has 0 bridgehead atoms. The molecule has 0 N–H and O–H groups in total. The Kier molecular flexibility index (Phi) is 1.76. The fourth-order valence-electron chi connectivity index (χ4n) is 0.610. The minimum Gasteiger partial charge on any atom is -0.223 e. The molecule has 2 radical (unpaired) electrons. The number of rotatable bonds is 1. The Labute approximate surface area is 60.4 Å². The van der Waals surface area contributed by atoms with E-state index in [1.807, 2.05) is 0 Å². The van der Waals surface area contributed by atoms with Gasteiger partial charge in [-0.05, 0) is 12.1 Å². The predicted octanol–water partition coefficient (Wildman–Crippen LogP) is 1.13. The van der Waals surface area contributed by atoms with Crippen molar-refractivity contribution in [3.63, 3.8) is 0 Å². The standard InChI is InChI=1S/C7H6O2S/c1-10(8,9)7-5-3-2-4-6-7/h1-6H. The summed E-state index contributed by atoms with van der Waals surface area (Å²) in [5.74, 6) is 0. The van der Waals surface area contributed by atoms with Crippen LogP contribution in [0.3, 0.4) is 0 Å². The van der Waals surface area contributed by atoms with Gasteiger partial charge in [-0.25, -0.2) is 8.42 Å². The van der Waals surface area contributed by atoms with E-state index in [4.69, 9.17) is 6.26 Å². The molecule has 0 unspecified atom stereocenters. The van der Waals surface area contributed by atoms with Crippen LogP contribution in [0.15, 0.2) is 35.2 Å². The lowest BCUT2D eigenvalue weighted by molar-refractivity contribution is 0.604. The first-order chi connectivity index (χ1) is 4.61. The first-order valence-electron chi connectivity index (χ1n) is 2.68. The van der Waals surface area contributed by atoms with E-state index in [0.29, 0.717) is 0 Å². The molecule has 0 saturated heterocycles. The van der Waals surface area contributed by atoms with Crippen molar-refractivity contribution in [3.8, 4) is 0 Å². The van der Waals surface area contributed by atoms with Crippen molar-refractivity contribution in [2.45, 2.75) is 4.90 Å².